The van der Waals surface area contributed by atoms with Crippen molar-refractivity contribution in [2.24, 2.45) is 0 Å². The summed E-state index contributed by atoms with van der Waals surface area (Å²) in [6.07, 6.45) is 0.132. The van der Waals surface area contributed by atoms with Gasteiger partial charge in [0.2, 0.25) is 0 Å². The number of rotatable bonds is 3. The van der Waals surface area contributed by atoms with Crippen LogP contribution in [0, 0.1) is 0 Å². The number of carbonyl (C=O) groups excluding carboxylic acids is 2. The van der Waals surface area contributed by atoms with E-state index in [1.165, 1.54) is 0 Å². The Morgan fingerprint density at radius 1 is 1.31 bits per heavy atom. The van der Waals surface area contributed by atoms with E-state index in [1.54, 1.807) is 24.3 Å². The van der Waals surface area contributed by atoms with Gasteiger partial charge >= 0.3 is 11.9 Å². The molecular formula is C12H12O4. The topological polar surface area (TPSA) is 52.6 Å². The van der Waals surface area contributed by atoms with Gasteiger partial charge in [-0.1, -0.05) is 12.1 Å². The van der Waals surface area contributed by atoms with Crippen molar-refractivity contribution in [1.29, 1.82) is 0 Å². The minimum Gasteiger partial charge on any atom is -0.494 e. The van der Waals surface area contributed by atoms with Crippen LogP contribution in [0.1, 0.15) is 24.8 Å². The molecule has 0 bridgehead atoms. The van der Waals surface area contributed by atoms with Crippen LogP contribution in [0.25, 0.3) is 0 Å². The molecule has 1 saturated heterocycles. The van der Waals surface area contributed by atoms with E-state index in [9.17, 15) is 9.59 Å². The summed E-state index contributed by atoms with van der Waals surface area (Å²) in [5.41, 5.74) is 0.791. The molecule has 0 spiro atoms. The predicted octanol–water partition coefficient (Wildman–Crippen LogP) is 1.64. The molecule has 84 valence electrons. The normalized spacial score (nSPS) is 19.7. The Bertz CT molecular complexity index is 408. The second-order valence-corrected chi connectivity index (χ2v) is 3.55. The lowest BCUT2D eigenvalue weighted by molar-refractivity contribution is -0.152. The van der Waals surface area contributed by atoms with Crippen LogP contribution in [-0.2, 0) is 14.3 Å². The fourth-order valence-electron chi connectivity index (χ4n) is 1.69. The summed E-state index contributed by atoms with van der Waals surface area (Å²) in [6.45, 7) is 2.50. The lowest BCUT2D eigenvalue weighted by Gasteiger charge is -2.06. The molecule has 1 aromatic rings. The molecule has 0 N–H and O–H groups in total. The monoisotopic (exact) mass is 220 g/mol. The lowest BCUT2D eigenvalue weighted by atomic mass is 9.98. The van der Waals surface area contributed by atoms with Crippen molar-refractivity contribution in [2.75, 3.05) is 6.61 Å². The van der Waals surface area contributed by atoms with Crippen LogP contribution >= 0.6 is 0 Å². The first kappa shape index (κ1) is 10.7. The first-order chi connectivity index (χ1) is 7.70. The van der Waals surface area contributed by atoms with Gasteiger partial charge < -0.3 is 9.47 Å². The second-order valence-electron chi connectivity index (χ2n) is 3.55. The van der Waals surface area contributed by atoms with Gasteiger partial charge in [-0.2, -0.15) is 0 Å². The average Bonchev–Trinajstić information content (AvgIpc) is 2.59. The zero-order valence-electron chi connectivity index (χ0n) is 8.93. The van der Waals surface area contributed by atoms with Crippen LogP contribution in [0.2, 0.25) is 0 Å². The van der Waals surface area contributed by atoms with Gasteiger partial charge in [-0.05, 0) is 24.6 Å². The van der Waals surface area contributed by atoms with Crippen molar-refractivity contribution in [2.45, 2.75) is 19.3 Å². The molecule has 2 rings (SSSR count). The Balaban J connectivity index is 2.15. The molecule has 16 heavy (non-hydrogen) atoms. The van der Waals surface area contributed by atoms with Crippen molar-refractivity contribution in [3.05, 3.63) is 29.8 Å². The number of esters is 2. The Labute approximate surface area is 93.2 Å². The molecule has 0 aliphatic carbocycles. The summed E-state index contributed by atoms with van der Waals surface area (Å²) in [4.78, 5) is 22.3. The number of hydrogen-bond donors (Lipinski definition) is 0. The Morgan fingerprint density at radius 2 is 2.00 bits per heavy atom. The molecule has 1 aromatic carbocycles. The van der Waals surface area contributed by atoms with Gasteiger partial charge in [0.25, 0.3) is 0 Å². The fourth-order valence-corrected chi connectivity index (χ4v) is 1.69. The van der Waals surface area contributed by atoms with Gasteiger partial charge in [-0.25, -0.2) is 0 Å². The van der Waals surface area contributed by atoms with Gasteiger partial charge in [-0.15, -0.1) is 0 Å². The highest BCUT2D eigenvalue weighted by atomic mass is 16.6. The number of cyclic esters (lactones) is 2. The molecule has 0 aromatic heterocycles. The van der Waals surface area contributed by atoms with Crippen LogP contribution < -0.4 is 4.74 Å². The minimum atomic E-state index is -0.464. The Kier molecular flexibility index (Phi) is 2.90. The van der Waals surface area contributed by atoms with Crippen molar-refractivity contribution in [1.82, 2.24) is 0 Å². The molecule has 0 radical (unpaired) electrons. The van der Waals surface area contributed by atoms with Crippen LogP contribution in [0.5, 0.6) is 5.75 Å². The van der Waals surface area contributed by atoms with Gasteiger partial charge in [0, 0.05) is 0 Å². The molecule has 1 aliphatic rings. The highest BCUT2D eigenvalue weighted by molar-refractivity contribution is 5.97. The Morgan fingerprint density at radius 3 is 2.50 bits per heavy atom. The average molecular weight is 220 g/mol. The summed E-state index contributed by atoms with van der Waals surface area (Å²) in [5, 5.41) is 0. The first-order valence-electron chi connectivity index (χ1n) is 5.18. The third-order valence-corrected chi connectivity index (χ3v) is 2.46. The summed E-state index contributed by atoms with van der Waals surface area (Å²) in [5.74, 6) is -0.620. The van der Waals surface area contributed by atoms with Gasteiger partial charge in [0.15, 0.2) is 0 Å². The number of hydrogen-bond acceptors (Lipinski definition) is 4. The predicted molar refractivity (Wildman–Crippen MR) is 56.1 cm³/mol. The zero-order valence-corrected chi connectivity index (χ0v) is 8.93. The highest BCUT2D eigenvalue weighted by Gasteiger charge is 2.34. The van der Waals surface area contributed by atoms with Crippen molar-refractivity contribution < 1.29 is 19.1 Å². The van der Waals surface area contributed by atoms with Crippen LogP contribution in [0.4, 0.5) is 0 Å². The molecule has 0 saturated carbocycles. The molecule has 1 unspecified atom stereocenters. The third kappa shape index (κ3) is 2.05. The second kappa shape index (κ2) is 4.35. The SMILES string of the molecule is CCOc1ccc(C2CC(=O)OC2=O)cc1. The summed E-state index contributed by atoms with van der Waals surface area (Å²) >= 11 is 0. The van der Waals surface area contributed by atoms with E-state index in [-0.39, 0.29) is 6.42 Å². The molecule has 4 nitrogen and oxygen atoms in total. The highest BCUT2D eigenvalue weighted by Crippen LogP contribution is 2.28. The van der Waals surface area contributed by atoms with E-state index in [0.717, 1.165) is 11.3 Å². The molecule has 0 amide bonds. The molecule has 4 heteroatoms. The quantitative estimate of drug-likeness (QED) is 0.574. The third-order valence-electron chi connectivity index (χ3n) is 2.46. The van der Waals surface area contributed by atoms with E-state index in [1.807, 2.05) is 6.92 Å². The Hall–Kier alpha value is -1.84. The van der Waals surface area contributed by atoms with Gasteiger partial charge in [-0.3, -0.25) is 9.59 Å². The number of ether oxygens (including phenoxy) is 2. The van der Waals surface area contributed by atoms with Gasteiger partial charge in [0.1, 0.15) is 5.75 Å². The van der Waals surface area contributed by atoms with Gasteiger partial charge in [0.05, 0.1) is 18.9 Å². The van der Waals surface area contributed by atoms with E-state index in [2.05, 4.69) is 4.74 Å². The summed E-state index contributed by atoms with van der Waals surface area (Å²) in [6, 6.07) is 7.15. The maximum absolute atomic E-state index is 11.3. The minimum absolute atomic E-state index is 0.132. The standard InChI is InChI=1S/C12H12O4/c1-2-15-9-5-3-8(4-6-9)10-7-11(13)16-12(10)14/h3-6,10H,2,7H2,1H3. The lowest BCUT2D eigenvalue weighted by Crippen LogP contribution is -2.05. The smallest absolute Gasteiger partial charge is 0.321 e. The molecule has 1 aliphatic heterocycles. The van der Waals surface area contributed by atoms with Crippen molar-refractivity contribution in [3.8, 4) is 5.75 Å². The van der Waals surface area contributed by atoms with E-state index >= 15 is 0 Å². The van der Waals surface area contributed by atoms with Crippen LogP contribution in [0.3, 0.4) is 0 Å². The van der Waals surface area contributed by atoms with Crippen LogP contribution in [0.15, 0.2) is 24.3 Å². The fraction of sp³-hybridized carbons (Fsp3) is 0.333. The largest absolute Gasteiger partial charge is 0.494 e. The van der Waals surface area contributed by atoms with Crippen molar-refractivity contribution in [3.63, 3.8) is 0 Å². The maximum Gasteiger partial charge on any atom is 0.321 e. The molecule has 1 atom stereocenters. The number of benzene rings is 1. The summed E-state index contributed by atoms with van der Waals surface area (Å²) in [7, 11) is 0. The molecule has 1 fully saturated rings. The van der Waals surface area contributed by atoms with Crippen molar-refractivity contribution >= 4 is 11.9 Å². The number of carbonyl (C=O) groups is 2. The maximum atomic E-state index is 11.3. The summed E-state index contributed by atoms with van der Waals surface area (Å²) < 4.78 is 9.79. The van der Waals surface area contributed by atoms with E-state index in [4.69, 9.17) is 4.74 Å². The van der Waals surface area contributed by atoms with E-state index < -0.39 is 17.9 Å². The van der Waals surface area contributed by atoms with E-state index in [0.29, 0.717) is 6.61 Å². The first-order valence-corrected chi connectivity index (χ1v) is 5.18. The molecule has 1 heterocycles. The zero-order chi connectivity index (χ0) is 11.5. The van der Waals surface area contributed by atoms with Crippen LogP contribution in [-0.4, -0.2) is 18.5 Å². The molecular weight excluding hydrogens is 208 g/mol.